The molecule has 0 radical (unpaired) electrons. The summed E-state index contributed by atoms with van der Waals surface area (Å²) in [6, 6.07) is 32.2. The summed E-state index contributed by atoms with van der Waals surface area (Å²) in [5.41, 5.74) is 20.9. The predicted octanol–water partition coefficient (Wildman–Crippen LogP) is 11.4. The molecule has 3 N–H and O–H groups in total. The number of morpholine rings is 3. The summed E-state index contributed by atoms with van der Waals surface area (Å²) in [6.45, 7) is 21.8. The summed E-state index contributed by atoms with van der Waals surface area (Å²) in [5, 5.41) is 9.94. The molecule has 0 bridgehead atoms. The van der Waals surface area contributed by atoms with Crippen molar-refractivity contribution in [1.29, 1.82) is 0 Å². The highest BCUT2D eigenvalue weighted by atomic mass is 35.5. The third-order valence-corrected chi connectivity index (χ3v) is 18.4. The van der Waals surface area contributed by atoms with E-state index in [9.17, 15) is 9.59 Å². The van der Waals surface area contributed by atoms with Crippen molar-refractivity contribution in [3.05, 3.63) is 273 Å². The third-order valence-electron chi connectivity index (χ3n) is 18.2. The third kappa shape index (κ3) is 15.7. The number of benzene rings is 3. The number of nitrogens with one attached hydrogen (secondary N) is 3. The van der Waals surface area contributed by atoms with E-state index in [2.05, 4.69) is 139 Å². The van der Waals surface area contributed by atoms with Crippen LogP contribution in [-0.2, 0) is 33.5 Å². The summed E-state index contributed by atoms with van der Waals surface area (Å²) >= 11 is 6.06. The lowest BCUT2D eigenvalue weighted by molar-refractivity contribution is 0.0921. The van der Waals surface area contributed by atoms with E-state index >= 15 is 0 Å². The van der Waals surface area contributed by atoms with Crippen molar-refractivity contribution in [3.8, 4) is 0 Å². The van der Waals surface area contributed by atoms with Crippen LogP contribution in [0.1, 0.15) is 139 Å². The molecule has 0 spiro atoms. The minimum absolute atomic E-state index is 0.126. The molecule has 15 rings (SSSR count). The van der Waals surface area contributed by atoms with Crippen molar-refractivity contribution in [2.45, 2.75) is 65.1 Å². The molecule has 3 atom stereocenters. The van der Waals surface area contributed by atoms with Crippen molar-refractivity contribution in [2.75, 3.05) is 93.6 Å². The van der Waals surface area contributed by atoms with Gasteiger partial charge in [-0.25, -0.2) is 29.9 Å². The Bertz CT molecular complexity index is 4250. The van der Waals surface area contributed by atoms with Gasteiger partial charge in [-0.1, -0.05) is 109 Å². The van der Waals surface area contributed by atoms with Crippen molar-refractivity contribution >= 4 is 62.9 Å². The number of anilines is 3. The molecule has 6 aromatic heterocycles. The number of nitrogens with zero attached hydrogens (tertiary/aromatic N) is 12. The quantitative estimate of drug-likeness (QED) is 0.0818. The maximum absolute atomic E-state index is 12.7. The lowest BCUT2D eigenvalue weighted by Gasteiger charge is -2.29. The molecule has 3 aromatic carbocycles. The summed E-state index contributed by atoms with van der Waals surface area (Å²) in [6.07, 6.45) is 25.4. The molecule has 3 aliphatic carbocycles. The molecule has 20 nitrogen and oxygen atoms in total. The van der Waals surface area contributed by atoms with E-state index in [1.165, 1.54) is 11.1 Å². The highest BCUT2D eigenvalue weighted by Crippen LogP contribution is 2.37. The van der Waals surface area contributed by atoms with Gasteiger partial charge in [0.25, 0.3) is 11.8 Å². The number of pyridine rings is 3. The fraction of sp³-hybridized carbons (Fsp3) is 0.286. The van der Waals surface area contributed by atoms with Crippen LogP contribution in [0.2, 0.25) is 5.02 Å². The molecule has 21 heteroatoms. The van der Waals surface area contributed by atoms with Gasteiger partial charge in [-0.05, 0) is 91.4 Å². The van der Waals surface area contributed by atoms with Crippen LogP contribution in [0.3, 0.4) is 0 Å². The first-order valence-corrected chi connectivity index (χ1v) is 33.7. The van der Waals surface area contributed by atoms with Gasteiger partial charge >= 0.3 is 0 Å². The molecule has 9 heterocycles. The average Bonchev–Trinajstić information content (AvgIpc) is 1.63. The van der Waals surface area contributed by atoms with Gasteiger partial charge in [0, 0.05) is 140 Å². The number of hydrogen-bond acceptors (Lipinski definition) is 18. The Morgan fingerprint density at radius 2 is 0.786 bits per heavy atom. The largest absolute Gasteiger partial charge is 0.378 e. The Kier molecular flexibility index (Phi) is 20.8. The van der Waals surface area contributed by atoms with E-state index in [1.807, 2.05) is 106 Å². The second kappa shape index (κ2) is 30.8. The maximum Gasteiger partial charge on any atom is 0.289 e. The fourth-order valence-corrected chi connectivity index (χ4v) is 12.9. The van der Waals surface area contributed by atoms with Gasteiger partial charge in [0.2, 0.25) is 11.6 Å². The summed E-state index contributed by atoms with van der Waals surface area (Å²) < 4.78 is 16.4. The first-order valence-electron chi connectivity index (χ1n) is 33.3. The molecule has 0 unspecified atom stereocenters. The van der Waals surface area contributed by atoms with Crippen LogP contribution in [-0.4, -0.2) is 136 Å². The maximum atomic E-state index is 12.7. The normalized spacial score (nSPS) is 16.2. The first kappa shape index (κ1) is 66.2. The molecule has 3 saturated heterocycles. The number of aryl methyl sites for hydroxylation is 1. The Morgan fingerprint density at radius 1 is 0.429 bits per heavy atom. The van der Waals surface area contributed by atoms with E-state index in [-0.39, 0.29) is 41.6 Å². The van der Waals surface area contributed by atoms with Crippen LogP contribution in [0.5, 0.6) is 0 Å². The second-order valence-corrected chi connectivity index (χ2v) is 25.3. The number of carbonyl (C=O) groups is 2. The topological polar surface area (TPSA) is 224 Å². The second-order valence-electron chi connectivity index (χ2n) is 24.8. The number of ether oxygens (including phenoxy) is 3. The summed E-state index contributed by atoms with van der Waals surface area (Å²) in [7, 11) is 0. The number of carbonyl (C=O) groups excluding carboxylic acids is 2. The van der Waals surface area contributed by atoms with Crippen LogP contribution in [0, 0.1) is 6.92 Å². The molecular formula is C77H78ClN15O5. The van der Waals surface area contributed by atoms with Gasteiger partial charge in [-0.15, -0.1) is 0 Å². The molecule has 2 amide bonds. The predicted molar refractivity (Wildman–Crippen MR) is 382 cm³/mol. The zero-order valence-electron chi connectivity index (χ0n) is 55.5. The van der Waals surface area contributed by atoms with Crippen molar-refractivity contribution in [2.24, 2.45) is 0 Å². The Balaban J connectivity index is 0.000000132. The molecule has 6 aliphatic rings. The number of fused-ring (bicyclic) bond motifs is 3. The van der Waals surface area contributed by atoms with E-state index in [0.29, 0.717) is 16.5 Å². The molecule has 498 valence electrons. The standard InChI is InChI=1S/C26H27N5O2.C26H27N5O.C25H24ClN5O2/c1-17-4-3-5-19(12-17)18(2)30-26(32)25-28-14-20(15-29-25)22-6-7-24-23(22)13-21(16-27-24)31-8-10-33-11-9-31;1-18(20-6-4-3-5-7-20)30-19(2)26-28-15-21(16-29-26)23-8-9-25-24(23)14-22(17-27-25)31-10-12-32-13-11-31;1-16(17-3-2-4-19(26)11-17)30-25(32)24-28-13-18(14-29-24)21-5-6-23-22(21)12-20(15-27-23)31-7-9-33-10-8-31/h3-6,12-16,18H,7-11H2,1-2H3,(H,30,32);3-8,14-18,30H,2,9-13H2,1H3;2-5,11-16H,6-10H2,1H3,(H,30,32)/t2*18-;16-/m101/s1. The minimum Gasteiger partial charge on any atom is -0.378 e. The molecule has 98 heavy (non-hydrogen) atoms. The van der Waals surface area contributed by atoms with Gasteiger partial charge in [-0.3, -0.25) is 24.5 Å². The monoisotopic (exact) mass is 1330 g/mol. The summed E-state index contributed by atoms with van der Waals surface area (Å²) in [4.78, 5) is 72.9. The average molecular weight is 1330 g/mol. The van der Waals surface area contributed by atoms with Gasteiger partial charge in [0.05, 0.1) is 110 Å². The number of hydrogen-bond donors (Lipinski definition) is 3. The van der Waals surface area contributed by atoms with Gasteiger partial charge in [0.15, 0.2) is 5.82 Å². The number of rotatable bonds is 16. The van der Waals surface area contributed by atoms with Crippen molar-refractivity contribution in [3.63, 3.8) is 0 Å². The van der Waals surface area contributed by atoms with Gasteiger partial charge < -0.3 is 44.9 Å². The highest BCUT2D eigenvalue weighted by Gasteiger charge is 2.26. The van der Waals surface area contributed by atoms with Crippen molar-refractivity contribution in [1.82, 2.24) is 60.8 Å². The lowest BCUT2D eigenvalue weighted by Crippen LogP contribution is -2.36. The molecule has 3 fully saturated rings. The molecule has 9 aromatic rings. The Labute approximate surface area is 576 Å². The molecule has 3 aliphatic heterocycles. The lowest BCUT2D eigenvalue weighted by atomic mass is 10.0. The van der Waals surface area contributed by atoms with Gasteiger partial charge in [-0.2, -0.15) is 0 Å². The minimum atomic E-state index is -0.328. The van der Waals surface area contributed by atoms with Crippen LogP contribution < -0.4 is 30.7 Å². The molecular weight excluding hydrogens is 1250 g/mol. The Hall–Kier alpha value is -10.4. The zero-order valence-corrected chi connectivity index (χ0v) is 56.3. The number of aromatic nitrogens is 9. The fourth-order valence-electron chi connectivity index (χ4n) is 12.7. The van der Waals surface area contributed by atoms with Crippen LogP contribution >= 0.6 is 11.6 Å². The van der Waals surface area contributed by atoms with E-state index in [1.54, 1.807) is 30.9 Å². The van der Waals surface area contributed by atoms with E-state index < -0.39 is 0 Å². The smallest absolute Gasteiger partial charge is 0.289 e. The SMILES string of the molecule is C=C(N[C@@H](C)c1ccccc1)c1ncc(C2=CCc3ncc(N4CCOCC4)cc32)cn1.C[C@@H](NC(=O)c1ncc(C2=CCc3ncc(N4CCOCC4)cc32)cn1)c1cccc(Cl)c1.Cc1cccc([C@@H](C)NC(=O)c2ncc(C3=CCc4ncc(N5CCOCC5)cc43)cn2)c1. The van der Waals surface area contributed by atoms with E-state index in [0.717, 1.165) is 194 Å². The van der Waals surface area contributed by atoms with Crippen LogP contribution in [0.4, 0.5) is 17.1 Å². The van der Waals surface area contributed by atoms with Crippen molar-refractivity contribution < 1.29 is 23.8 Å². The van der Waals surface area contributed by atoms with E-state index in [4.69, 9.17) is 30.8 Å². The Morgan fingerprint density at radius 3 is 1.17 bits per heavy atom. The zero-order chi connectivity index (χ0) is 67.5. The first-order chi connectivity index (χ1) is 47.8. The van der Waals surface area contributed by atoms with Gasteiger partial charge in [0.1, 0.15) is 0 Å². The number of amides is 2. The number of allylic oxidation sites excluding steroid dienone is 3. The highest BCUT2D eigenvalue weighted by molar-refractivity contribution is 6.30. The summed E-state index contributed by atoms with van der Waals surface area (Å²) in [5.74, 6) is 0.290. The van der Waals surface area contributed by atoms with Crippen LogP contribution in [0.15, 0.2) is 178 Å². The number of halogens is 1. The van der Waals surface area contributed by atoms with Crippen LogP contribution in [0.25, 0.3) is 22.4 Å². The molecule has 0 saturated carbocycles.